The first-order valence-electron chi connectivity index (χ1n) is 12.7. The third-order valence-corrected chi connectivity index (χ3v) is 8.15. The number of aliphatic carboxylic acids is 1. The van der Waals surface area contributed by atoms with Gasteiger partial charge in [0.1, 0.15) is 5.69 Å². The maximum Gasteiger partial charge on any atom is 0.416 e. The van der Waals surface area contributed by atoms with Gasteiger partial charge in [-0.25, -0.2) is 4.98 Å². The molecule has 38 heavy (non-hydrogen) atoms. The first-order valence-corrected chi connectivity index (χ1v) is 13.4. The number of carboxylic acid groups (broad SMARTS) is 1. The van der Waals surface area contributed by atoms with Crippen LogP contribution in [0, 0.1) is 12.8 Å². The van der Waals surface area contributed by atoms with Gasteiger partial charge in [-0.05, 0) is 72.1 Å². The average Bonchev–Trinajstić information content (AvgIpc) is 3.19. The Labute approximate surface area is 229 Å². The summed E-state index contributed by atoms with van der Waals surface area (Å²) in [6, 6.07) is 2.41. The second-order valence-corrected chi connectivity index (χ2v) is 10.9. The van der Waals surface area contributed by atoms with Crippen molar-refractivity contribution in [2.45, 2.75) is 64.5 Å². The predicted molar refractivity (Wildman–Crippen MR) is 141 cm³/mol. The van der Waals surface area contributed by atoms with Gasteiger partial charge < -0.3 is 10.0 Å². The Balaban J connectivity index is 1.62. The summed E-state index contributed by atoms with van der Waals surface area (Å²) in [5.41, 5.74) is 2.68. The van der Waals surface area contributed by atoms with Crippen LogP contribution in [0.4, 0.5) is 13.2 Å². The van der Waals surface area contributed by atoms with Crippen molar-refractivity contribution in [1.82, 2.24) is 9.88 Å². The van der Waals surface area contributed by atoms with Crippen molar-refractivity contribution < 1.29 is 27.9 Å². The summed E-state index contributed by atoms with van der Waals surface area (Å²) in [6.45, 7) is 4.48. The Morgan fingerprint density at radius 3 is 2.47 bits per heavy atom. The molecule has 1 aliphatic carbocycles. The van der Waals surface area contributed by atoms with E-state index in [1.807, 2.05) is 13.0 Å². The lowest BCUT2D eigenvalue weighted by molar-refractivity contribution is -0.139. The molecule has 2 aliphatic rings. The van der Waals surface area contributed by atoms with Crippen molar-refractivity contribution in [3.8, 4) is 0 Å². The number of aryl methyl sites for hydroxylation is 1. The molecule has 1 atom stereocenters. The van der Waals surface area contributed by atoms with Gasteiger partial charge in [0.2, 0.25) is 0 Å². The van der Waals surface area contributed by atoms with Crippen LogP contribution in [-0.4, -0.2) is 40.0 Å². The number of carbonyl (C=O) groups excluding carboxylic acids is 1. The number of hydrogen-bond donors (Lipinski definition) is 1. The topological polar surface area (TPSA) is 70.5 Å². The number of hydrogen-bond acceptors (Lipinski definition) is 3. The fraction of sp³-hybridized carbons (Fsp3) is 0.464. The summed E-state index contributed by atoms with van der Waals surface area (Å²) in [4.78, 5) is 30.1. The van der Waals surface area contributed by atoms with Crippen molar-refractivity contribution in [2.24, 2.45) is 5.92 Å². The normalized spacial score (nSPS) is 17.9. The van der Waals surface area contributed by atoms with Crippen LogP contribution in [0.2, 0.25) is 10.0 Å². The molecule has 1 N–H and O–H groups in total. The lowest BCUT2D eigenvalue weighted by Gasteiger charge is -2.31. The third kappa shape index (κ3) is 5.86. The number of carboxylic acids is 1. The number of piperidine rings is 1. The zero-order chi connectivity index (χ0) is 27.8. The molecule has 2 heterocycles. The number of aromatic nitrogens is 1. The van der Waals surface area contributed by atoms with Crippen LogP contribution in [0.15, 0.2) is 24.4 Å². The Morgan fingerprint density at radius 1 is 1.18 bits per heavy atom. The Hall–Kier alpha value is -2.58. The number of allylic oxidation sites excluding steroid dienone is 2. The molecular formula is C28H29Cl2F3N2O3. The highest BCUT2D eigenvalue weighted by molar-refractivity contribution is 6.37. The van der Waals surface area contributed by atoms with Gasteiger partial charge in [-0.2, -0.15) is 13.2 Å². The van der Waals surface area contributed by atoms with E-state index in [9.17, 15) is 22.8 Å². The van der Waals surface area contributed by atoms with Gasteiger partial charge in [-0.3, -0.25) is 9.59 Å². The van der Waals surface area contributed by atoms with Crippen LogP contribution < -0.4 is 0 Å². The molecule has 2 aromatic rings. The molecule has 10 heteroatoms. The van der Waals surface area contributed by atoms with E-state index in [0.717, 1.165) is 17.6 Å². The molecule has 1 fully saturated rings. The van der Waals surface area contributed by atoms with Gasteiger partial charge in [0, 0.05) is 38.0 Å². The summed E-state index contributed by atoms with van der Waals surface area (Å²) in [7, 11) is 0. The van der Waals surface area contributed by atoms with Crippen LogP contribution in [0.1, 0.15) is 83.3 Å². The fourth-order valence-corrected chi connectivity index (χ4v) is 6.12. The van der Waals surface area contributed by atoms with Gasteiger partial charge in [0.25, 0.3) is 5.91 Å². The van der Waals surface area contributed by atoms with Gasteiger partial charge in [0.05, 0.1) is 15.6 Å². The van der Waals surface area contributed by atoms with Crippen LogP contribution in [0.5, 0.6) is 0 Å². The number of halogens is 5. The number of carbonyl (C=O) groups is 2. The molecule has 0 saturated carbocycles. The number of pyridine rings is 1. The molecule has 0 spiro atoms. The van der Waals surface area contributed by atoms with E-state index in [1.165, 1.54) is 18.3 Å². The Kier molecular flexibility index (Phi) is 8.43. The Bertz CT molecular complexity index is 1290. The van der Waals surface area contributed by atoms with Gasteiger partial charge in [-0.1, -0.05) is 42.6 Å². The zero-order valence-corrected chi connectivity index (χ0v) is 22.7. The maximum absolute atomic E-state index is 13.5. The van der Waals surface area contributed by atoms with E-state index in [1.54, 1.807) is 11.8 Å². The van der Waals surface area contributed by atoms with E-state index < -0.39 is 17.7 Å². The molecule has 5 nitrogen and oxygen atoms in total. The van der Waals surface area contributed by atoms with Gasteiger partial charge >= 0.3 is 12.1 Å². The number of nitrogens with zero attached hydrogens (tertiary/aromatic N) is 2. The summed E-state index contributed by atoms with van der Waals surface area (Å²) in [6.07, 6.45) is 1.93. The highest BCUT2D eigenvalue weighted by Gasteiger charge is 2.35. The quantitative estimate of drug-likeness (QED) is 0.374. The van der Waals surface area contributed by atoms with E-state index >= 15 is 0 Å². The molecule has 1 saturated heterocycles. The largest absolute Gasteiger partial charge is 0.481 e. The van der Waals surface area contributed by atoms with Crippen LogP contribution in [0.25, 0.3) is 5.57 Å². The highest BCUT2D eigenvalue weighted by Crippen LogP contribution is 2.45. The third-order valence-electron chi connectivity index (χ3n) is 7.42. The lowest BCUT2D eigenvalue weighted by atomic mass is 9.90. The molecule has 0 radical (unpaired) electrons. The molecule has 1 aromatic heterocycles. The molecule has 204 valence electrons. The predicted octanol–water partition coefficient (Wildman–Crippen LogP) is 7.57. The minimum absolute atomic E-state index is 0.0206. The van der Waals surface area contributed by atoms with Crippen molar-refractivity contribution in [1.29, 1.82) is 0 Å². The molecule has 4 rings (SSSR count). The molecular weight excluding hydrogens is 540 g/mol. The van der Waals surface area contributed by atoms with Crippen LogP contribution >= 0.6 is 23.2 Å². The standard InChI is InChI=1S/C28H29Cl2F3N2O3/c1-3-4-17-11-18(24-15(2)9-19(13-20(17)24)28(31,32)33)12-21-22(29)14-34-26(25(21)30)27(38)35-7-5-16(6-8-35)10-23(36)37/h9,11,13-14,16-17H,3-8,10,12H2,1-2H3,(H,36,37). The van der Waals surface area contributed by atoms with Crippen LogP contribution in [0.3, 0.4) is 0 Å². The number of alkyl halides is 3. The lowest BCUT2D eigenvalue weighted by Crippen LogP contribution is -2.39. The van der Waals surface area contributed by atoms with E-state index in [-0.39, 0.29) is 46.3 Å². The van der Waals surface area contributed by atoms with Gasteiger partial charge in [0.15, 0.2) is 0 Å². The second-order valence-electron chi connectivity index (χ2n) is 10.1. The molecule has 0 bridgehead atoms. The minimum Gasteiger partial charge on any atom is -0.481 e. The monoisotopic (exact) mass is 568 g/mol. The smallest absolute Gasteiger partial charge is 0.416 e. The zero-order valence-electron chi connectivity index (χ0n) is 21.2. The summed E-state index contributed by atoms with van der Waals surface area (Å²) in [5, 5.41) is 9.43. The van der Waals surface area contributed by atoms with Crippen molar-refractivity contribution in [3.63, 3.8) is 0 Å². The number of likely N-dealkylation sites (tertiary alicyclic amines) is 1. The fourth-order valence-electron chi connectivity index (χ4n) is 5.56. The number of rotatable bonds is 7. The minimum atomic E-state index is -4.44. The molecule has 1 amide bonds. The van der Waals surface area contributed by atoms with E-state index in [0.29, 0.717) is 49.0 Å². The summed E-state index contributed by atoms with van der Waals surface area (Å²) >= 11 is 13.2. The average molecular weight is 569 g/mol. The maximum atomic E-state index is 13.5. The number of fused-ring (bicyclic) bond motifs is 1. The highest BCUT2D eigenvalue weighted by atomic mass is 35.5. The molecule has 1 aliphatic heterocycles. The van der Waals surface area contributed by atoms with Crippen molar-refractivity contribution in [2.75, 3.05) is 13.1 Å². The second kappa shape index (κ2) is 11.3. The SMILES string of the molecule is CCCC1C=C(Cc2c(Cl)cnc(C(=O)N3CCC(CC(=O)O)CC3)c2Cl)c2c(C)cc(C(F)(F)F)cc21. The van der Waals surface area contributed by atoms with Crippen molar-refractivity contribution in [3.05, 3.63) is 68.0 Å². The van der Waals surface area contributed by atoms with Crippen molar-refractivity contribution >= 4 is 40.7 Å². The molecule has 1 unspecified atom stereocenters. The van der Waals surface area contributed by atoms with E-state index in [2.05, 4.69) is 4.98 Å². The number of benzene rings is 1. The van der Waals surface area contributed by atoms with Gasteiger partial charge in [-0.15, -0.1) is 0 Å². The first-order chi connectivity index (χ1) is 17.9. The summed E-state index contributed by atoms with van der Waals surface area (Å²) < 4.78 is 40.6. The first kappa shape index (κ1) is 28.4. The van der Waals surface area contributed by atoms with E-state index in [4.69, 9.17) is 28.3 Å². The number of amides is 1. The Morgan fingerprint density at radius 2 is 1.87 bits per heavy atom. The summed E-state index contributed by atoms with van der Waals surface area (Å²) in [5.74, 6) is -1.33. The van der Waals surface area contributed by atoms with Crippen LogP contribution in [-0.2, 0) is 17.4 Å². The molecule has 1 aromatic carbocycles.